The van der Waals surface area contributed by atoms with Crippen LogP contribution in [0.2, 0.25) is 0 Å². The van der Waals surface area contributed by atoms with Gasteiger partial charge < -0.3 is 14.8 Å². The summed E-state index contributed by atoms with van der Waals surface area (Å²) in [6.07, 6.45) is 1.51. The number of halogens is 2. The van der Waals surface area contributed by atoms with Gasteiger partial charge in [-0.15, -0.1) is 0 Å². The zero-order valence-corrected chi connectivity index (χ0v) is 15.2. The fourth-order valence-corrected chi connectivity index (χ4v) is 3.43. The highest BCUT2D eigenvalue weighted by atomic mass is 19.1. The Bertz CT molecular complexity index is 1060. The average molecular weight is 385 g/mol. The number of methoxy groups -OCH3 is 2. The van der Waals surface area contributed by atoms with Crippen LogP contribution in [0, 0.1) is 11.6 Å². The molecule has 0 aliphatic carbocycles. The van der Waals surface area contributed by atoms with E-state index in [0.29, 0.717) is 23.0 Å². The molecule has 6 nitrogen and oxygen atoms in total. The zero-order chi connectivity index (χ0) is 19.8. The third-order valence-electron chi connectivity index (χ3n) is 4.75. The van der Waals surface area contributed by atoms with Crippen LogP contribution in [-0.4, -0.2) is 29.7 Å². The molecule has 8 heteroatoms. The number of ether oxygens (including phenoxy) is 2. The van der Waals surface area contributed by atoms with Crippen LogP contribution in [0.15, 0.2) is 42.7 Å². The molecule has 0 unspecified atom stereocenters. The highest BCUT2D eigenvalue weighted by molar-refractivity contribution is 5.94. The first-order chi connectivity index (χ1) is 13.5. The quantitative estimate of drug-likeness (QED) is 0.745. The predicted molar refractivity (Wildman–Crippen MR) is 98.1 cm³/mol. The molecule has 0 saturated carbocycles. The number of benzene rings is 2. The lowest BCUT2D eigenvalue weighted by Gasteiger charge is -2.25. The standard InChI is InChI=1S/C20H17F2N3O3/c1-27-12-4-6-17(28-2)13(8-12)14-9-18(26)24-20-19(14)23-10-25(20)16-7-11(21)3-5-15(16)22/h3-8,10,14H,9H2,1-2H3,(H,24,26)/t14-/m0/s1. The van der Waals surface area contributed by atoms with Gasteiger partial charge >= 0.3 is 0 Å². The highest BCUT2D eigenvalue weighted by Crippen LogP contribution is 2.42. The molecule has 0 bridgehead atoms. The molecule has 4 rings (SSSR count). The van der Waals surface area contributed by atoms with Gasteiger partial charge in [0.25, 0.3) is 0 Å². The fraction of sp³-hybridized carbons (Fsp3) is 0.200. The van der Waals surface area contributed by atoms with Crippen molar-refractivity contribution in [1.82, 2.24) is 9.55 Å². The Hall–Kier alpha value is -3.42. The molecule has 144 valence electrons. The minimum absolute atomic E-state index is 0.0349. The number of nitrogens with one attached hydrogen (secondary N) is 1. The Morgan fingerprint density at radius 3 is 2.71 bits per heavy atom. The molecule has 0 spiro atoms. The summed E-state index contributed by atoms with van der Waals surface area (Å²) in [4.78, 5) is 16.8. The van der Waals surface area contributed by atoms with Crippen molar-refractivity contribution < 1.29 is 23.0 Å². The van der Waals surface area contributed by atoms with E-state index in [9.17, 15) is 13.6 Å². The Morgan fingerprint density at radius 1 is 1.14 bits per heavy atom. The van der Waals surface area contributed by atoms with Crippen LogP contribution in [0.25, 0.3) is 5.69 Å². The van der Waals surface area contributed by atoms with Crippen molar-refractivity contribution >= 4 is 11.7 Å². The number of imidazole rings is 1. The summed E-state index contributed by atoms with van der Waals surface area (Å²) in [5.41, 5.74) is 1.23. The molecule has 2 heterocycles. The largest absolute Gasteiger partial charge is 0.497 e. The Kier molecular flexibility index (Phi) is 4.46. The predicted octanol–water partition coefficient (Wildman–Crippen LogP) is 3.64. The van der Waals surface area contributed by atoms with E-state index in [4.69, 9.17) is 9.47 Å². The molecule has 1 N–H and O–H groups in total. The van der Waals surface area contributed by atoms with Crippen molar-refractivity contribution in [1.29, 1.82) is 0 Å². The van der Waals surface area contributed by atoms with E-state index in [-0.39, 0.29) is 18.0 Å². The maximum Gasteiger partial charge on any atom is 0.226 e. The van der Waals surface area contributed by atoms with Gasteiger partial charge in [-0.25, -0.2) is 13.8 Å². The van der Waals surface area contributed by atoms with Gasteiger partial charge in [0.15, 0.2) is 0 Å². The number of fused-ring (bicyclic) bond motifs is 1. The van der Waals surface area contributed by atoms with Gasteiger partial charge in [-0.3, -0.25) is 9.36 Å². The van der Waals surface area contributed by atoms with Crippen LogP contribution >= 0.6 is 0 Å². The summed E-state index contributed by atoms with van der Waals surface area (Å²) in [6.45, 7) is 0. The first-order valence-electron chi connectivity index (χ1n) is 8.56. The monoisotopic (exact) mass is 385 g/mol. The van der Waals surface area contributed by atoms with Crippen molar-refractivity contribution in [2.45, 2.75) is 12.3 Å². The number of hydrogen-bond acceptors (Lipinski definition) is 4. The topological polar surface area (TPSA) is 65.4 Å². The van der Waals surface area contributed by atoms with Gasteiger partial charge in [0.2, 0.25) is 5.91 Å². The summed E-state index contributed by atoms with van der Waals surface area (Å²) < 4.78 is 40.0. The van der Waals surface area contributed by atoms with E-state index in [1.165, 1.54) is 18.0 Å². The lowest BCUT2D eigenvalue weighted by molar-refractivity contribution is -0.116. The number of anilines is 1. The maximum atomic E-state index is 14.3. The van der Waals surface area contributed by atoms with E-state index in [2.05, 4.69) is 10.3 Å². The molecule has 3 aromatic rings. The number of hydrogen-bond donors (Lipinski definition) is 1. The first kappa shape index (κ1) is 18.0. The van der Waals surface area contributed by atoms with Crippen LogP contribution in [0.3, 0.4) is 0 Å². The van der Waals surface area contributed by atoms with Crippen molar-refractivity contribution in [3.63, 3.8) is 0 Å². The third kappa shape index (κ3) is 2.96. The number of carbonyl (C=O) groups is 1. The maximum absolute atomic E-state index is 14.3. The Labute approximate surface area is 159 Å². The summed E-state index contributed by atoms with van der Waals surface area (Å²) in [5.74, 6) is -0.413. The Morgan fingerprint density at radius 2 is 1.96 bits per heavy atom. The van der Waals surface area contributed by atoms with E-state index in [1.54, 1.807) is 25.3 Å². The highest BCUT2D eigenvalue weighted by Gasteiger charge is 2.33. The molecule has 1 amide bonds. The second-order valence-corrected chi connectivity index (χ2v) is 6.36. The van der Waals surface area contributed by atoms with E-state index in [1.807, 2.05) is 0 Å². The lowest BCUT2D eigenvalue weighted by Crippen LogP contribution is -2.25. The second-order valence-electron chi connectivity index (χ2n) is 6.36. The molecule has 0 fully saturated rings. The number of aromatic nitrogens is 2. The number of amides is 1. The smallest absolute Gasteiger partial charge is 0.226 e. The van der Waals surface area contributed by atoms with Crippen LogP contribution in [0.4, 0.5) is 14.6 Å². The van der Waals surface area contributed by atoms with Crippen LogP contribution in [0.5, 0.6) is 11.5 Å². The summed E-state index contributed by atoms with van der Waals surface area (Å²) in [6, 6.07) is 8.41. The minimum Gasteiger partial charge on any atom is -0.497 e. The number of nitrogens with zero attached hydrogens (tertiary/aromatic N) is 2. The summed E-state index contributed by atoms with van der Waals surface area (Å²) in [7, 11) is 3.09. The summed E-state index contributed by atoms with van der Waals surface area (Å²) in [5, 5.41) is 2.72. The second kappa shape index (κ2) is 6.95. The van der Waals surface area contributed by atoms with Crippen LogP contribution in [-0.2, 0) is 4.79 Å². The van der Waals surface area contributed by atoms with Crippen molar-refractivity contribution in [3.8, 4) is 17.2 Å². The van der Waals surface area contributed by atoms with Gasteiger partial charge in [-0.2, -0.15) is 0 Å². The summed E-state index contributed by atoms with van der Waals surface area (Å²) >= 11 is 0. The van der Waals surface area contributed by atoms with Crippen molar-refractivity contribution in [2.24, 2.45) is 0 Å². The normalized spacial score (nSPS) is 15.7. The molecule has 1 aromatic heterocycles. The first-order valence-corrected chi connectivity index (χ1v) is 8.56. The fourth-order valence-electron chi connectivity index (χ4n) is 3.43. The van der Waals surface area contributed by atoms with E-state index in [0.717, 1.165) is 23.8 Å². The van der Waals surface area contributed by atoms with Crippen molar-refractivity contribution in [3.05, 3.63) is 65.6 Å². The molecule has 28 heavy (non-hydrogen) atoms. The SMILES string of the molecule is COc1ccc(OC)c([C@@H]2CC(=O)Nc3c2ncn3-c2cc(F)ccc2F)c1. The van der Waals surface area contributed by atoms with Gasteiger partial charge in [-0.05, 0) is 30.3 Å². The van der Waals surface area contributed by atoms with Crippen LogP contribution < -0.4 is 14.8 Å². The van der Waals surface area contributed by atoms with Gasteiger partial charge in [0.05, 0.1) is 25.6 Å². The molecular weight excluding hydrogens is 368 g/mol. The van der Waals surface area contributed by atoms with E-state index >= 15 is 0 Å². The van der Waals surface area contributed by atoms with Crippen LogP contribution in [0.1, 0.15) is 23.6 Å². The minimum atomic E-state index is -0.628. The number of rotatable bonds is 4. The molecule has 0 radical (unpaired) electrons. The molecule has 1 aliphatic rings. The van der Waals surface area contributed by atoms with Crippen molar-refractivity contribution in [2.75, 3.05) is 19.5 Å². The third-order valence-corrected chi connectivity index (χ3v) is 4.75. The molecule has 2 aromatic carbocycles. The van der Waals surface area contributed by atoms with Gasteiger partial charge in [-0.1, -0.05) is 0 Å². The van der Waals surface area contributed by atoms with Gasteiger partial charge in [0, 0.05) is 24.0 Å². The molecule has 1 aliphatic heterocycles. The zero-order valence-electron chi connectivity index (χ0n) is 15.2. The molecule has 1 atom stereocenters. The van der Waals surface area contributed by atoms with Gasteiger partial charge in [0.1, 0.15) is 35.3 Å². The number of carbonyl (C=O) groups excluding carboxylic acids is 1. The average Bonchev–Trinajstić information content (AvgIpc) is 3.12. The lowest BCUT2D eigenvalue weighted by atomic mass is 9.89. The molecule has 0 saturated heterocycles. The molecular formula is C20H17F2N3O3. The van der Waals surface area contributed by atoms with E-state index < -0.39 is 17.6 Å². The Balaban J connectivity index is 1.87.